The number of aliphatic hydroxyl groups excluding tert-OH is 1. The average Bonchev–Trinajstić information content (AvgIpc) is 3.57. The summed E-state index contributed by atoms with van der Waals surface area (Å²) < 4.78 is 68.0. The van der Waals surface area contributed by atoms with E-state index >= 15 is 0 Å². The van der Waals surface area contributed by atoms with Gasteiger partial charge in [0.15, 0.2) is 12.2 Å². The van der Waals surface area contributed by atoms with Crippen LogP contribution in [0.1, 0.15) is 299 Å². The normalized spacial score (nSPS) is 14.8. The second-order valence-electron chi connectivity index (χ2n) is 24.4. The lowest BCUT2D eigenvalue weighted by Gasteiger charge is -2.21. The Hall–Kier alpha value is -2.46. The minimum absolute atomic E-state index is 0.0832. The summed E-state index contributed by atoms with van der Waals surface area (Å²) in [5, 5.41) is 10.5. The minimum atomic E-state index is -4.95. The Labute approximate surface area is 516 Å². The van der Waals surface area contributed by atoms with E-state index in [0.717, 1.165) is 121 Å². The van der Waals surface area contributed by atoms with E-state index in [4.69, 9.17) is 37.0 Å². The van der Waals surface area contributed by atoms with Crippen molar-refractivity contribution in [2.24, 2.45) is 17.8 Å². The number of hydrogen-bond donors (Lipinski definition) is 3. The maximum Gasteiger partial charge on any atom is 0.472 e. The van der Waals surface area contributed by atoms with Gasteiger partial charge in [-0.25, -0.2) is 9.13 Å². The number of aliphatic hydroxyl groups is 1. The predicted octanol–water partition coefficient (Wildman–Crippen LogP) is 17.8. The fourth-order valence-corrected chi connectivity index (χ4v) is 10.8. The van der Waals surface area contributed by atoms with Crippen molar-refractivity contribution < 1.29 is 80.2 Å². The van der Waals surface area contributed by atoms with Gasteiger partial charge in [0.05, 0.1) is 26.4 Å². The highest BCUT2D eigenvalue weighted by molar-refractivity contribution is 7.47. The number of ether oxygens (including phenoxy) is 4. The maximum absolute atomic E-state index is 13.0. The van der Waals surface area contributed by atoms with Crippen LogP contribution < -0.4 is 0 Å². The molecule has 6 atom stereocenters. The highest BCUT2D eigenvalue weighted by Crippen LogP contribution is 2.45. The van der Waals surface area contributed by atoms with Gasteiger partial charge in [-0.05, 0) is 69.1 Å². The van der Waals surface area contributed by atoms with Gasteiger partial charge in [0, 0.05) is 25.7 Å². The van der Waals surface area contributed by atoms with Gasteiger partial charge in [-0.15, -0.1) is 0 Å². The van der Waals surface area contributed by atoms with Gasteiger partial charge >= 0.3 is 39.5 Å². The molecule has 0 heterocycles. The Morgan fingerprint density at radius 1 is 0.388 bits per heavy atom. The second kappa shape index (κ2) is 56.8. The van der Waals surface area contributed by atoms with Crippen LogP contribution in [0.25, 0.3) is 0 Å². The monoisotopic (exact) mass is 1250 g/mol. The van der Waals surface area contributed by atoms with Gasteiger partial charge in [-0.3, -0.25) is 37.3 Å². The van der Waals surface area contributed by atoms with Crippen molar-refractivity contribution in [3.05, 3.63) is 24.3 Å². The smallest absolute Gasteiger partial charge is 0.462 e. The van der Waals surface area contributed by atoms with Gasteiger partial charge < -0.3 is 33.8 Å². The molecule has 0 fully saturated rings. The van der Waals surface area contributed by atoms with Gasteiger partial charge in [0.1, 0.15) is 19.3 Å². The summed E-state index contributed by atoms with van der Waals surface area (Å²) in [6.07, 6.45) is 41.4. The number of hydrogen-bond acceptors (Lipinski definition) is 15. The number of phosphoric acid groups is 2. The summed E-state index contributed by atoms with van der Waals surface area (Å²) in [7, 11) is -9.90. The standard InChI is InChI=1S/C66H124O17P2/c1-8-10-11-12-13-14-15-16-17-18-19-20-25-35-42-49-65(70)82-61(54-77-64(69)48-41-34-28-26-31-38-45-58(5)6)55-80-84(72,73)78-51-60(67)52-79-85(74,75)81-56-62(83-66(71)50-43-36-29-27-32-39-46-59(7)9-2)53-76-63(68)47-40-33-24-22-21-23-30-37-44-57(3)4/h14-17,57-62,67H,8-13,18-56H2,1-7H3,(H,72,73)(H,74,75)/b15-14-,17-16-/t59?,60?,61-,62-/m1/s1. The molecular formula is C66H124O17P2. The van der Waals surface area contributed by atoms with Crippen molar-refractivity contribution in [1.82, 2.24) is 0 Å². The second-order valence-corrected chi connectivity index (χ2v) is 27.3. The molecule has 0 spiro atoms. The molecule has 0 aromatic heterocycles. The molecule has 19 heteroatoms. The first kappa shape index (κ1) is 82.5. The molecule has 4 unspecified atom stereocenters. The fraction of sp³-hybridized carbons (Fsp3) is 0.879. The molecule has 0 aliphatic heterocycles. The molecular weight excluding hydrogens is 1130 g/mol. The quantitative estimate of drug-likeness (QED) is 0.0169. The summed E-state index contributed by atoms with van der Waals surface area (Å²) in [6, 6.07) is 0. The van der Waals surface area contributed by atoms with E-state index in [-0.39, 0.29) is 25.7 Å². The van der Waals surface area contributed by atoms with Crippen LogP contribution in [-0.2, 0) is 65.4 Å². The summed E-state index contributed by atoms with van der Waals surface area (Å²) in [5.41, 5.74) is 0. The van der Waals surface area contributed by atoms with Crippen LogP contribution in [0, 0.1) is 17.8 Å². The Balaban J connectivity index is 5.28. The van der Waals surface area contributed by atoms with Crippen LogP contribution in [0.4, 0.5) is 0 Å². The van der Waals surface area contributed by atoms with Gasteiger partial charge in [-0.2, -0.15) is 0 Å². The van der Waals surface area contributed by atoms with Crippen molar-refractivity contribution in [1.29, 1.82) is 0 Å². The SMILES string of the molecule is CCCCCC/C=C\C=C/CCCCCCCC(=O)O[C@H](COC(=O)CCCCCCCCC(C)C)COP(=O)(O)OCC(O)COP(=O)(O)OC[C@@H](COC(=O)CCCCCCCCCCC(C)C)OC(=O)CCCCCCCCC(C)CC. The molecule has 0 rings (SSSR count). The summed E-state index contributed by atoms with van der Waals surface area (Å²) in [6.45, 7) is 11.6. The molecule has 500 valence electrons. The summed E-state index contributed by atoms with van der Waals surface area (Å²) in [4.78, 5) is 72.2. The Morgan fingerprint density at radius 3 is 1.05 bits per heavy atom. The Kier molecular flexibility index (Phi) is 55.1. The third-order valence-electron chi connectivity index (χ3n) is 14.9. The zero-order chi connectivity index (χ0) is 63.1. The number of esters is 4. The average molecular weight is 1250 g/mol. The third-order valence-corrected chi connectivity index (χ3v) is 16.8. The number of carbonyl (C=O) groups excluding carboxylic acids is 4. The van der Waals surface area contributed by atoms with Crippen LogP contribution in [0.3, 0.4) is 0 Å². The van der Waals surface area contributed by atoms with Crippen molar-refractivity contribution in [2.45, 2.75) is 317 Å². The molecule has 0 radical (unpaired) electrons. The number of rotatable bonds is 62. The van der Waals surface area contributed by atoms with Crippen molar-refractivity contribution in [2.75, 3.05) is 39.6 Å². The minimum Gasteiger partial charge on any atom is -0.462 e. The first-order valence-electron chi connectivity index (χ1n) is 33.7. The number of allylic oxidation sites excluding steroid dienone is 4. The molecule has 17 nitrogen and oxygen atoms in total. The molecule has 0 aromatic carbocycles. The van der Waals surface area contributed by atoms with Crippen LogP contribution in [0.5, 0.6) is 0 Å². The summed E-state index contributed by atoms with van der Waals surface area (Å²) >= 11 is 0. The third kappa shape index (κ3) is 59.0. The molecule has 85 heavy (non-hydrogen) atoms. The zero-order valence-electron chi connectivity index (χ0n) is 54.5. The van der Waals surface area contributed by atoms with Crippen molar-refractivity contribution >= 4 is 39.5 Å². The van der Waals surface area contributed by atoms with E-state index in [9.17, 15) is 43.2 Å². The van der Waals surface area contributed by atoms with Crippen LogP contribution in [-0.4, -0.2) is 96.7 Å². The molecule has 0 aliphatic rings. The zero-order valence-corrected chi connectivity index (χ0v) is 56.3. The van der Waals surface area contributed by atoms with E-state index in [1.807, 2.05) is 0 Å². The Morgan fingerprint density at radius 2 is 0.694 bits per heavy atom. The van der Waals surface area contributed by atoms with Crippen LogP contribution in [0.15, 0.2) is 24.3 Å². The van der Waals surface area contributed by atoms with Crippen LogP contribution >= 0.6 is 15.6 Å². The lowest BCUT2D eigenvalue weighted by molar-refractivity contribution is -0.161. The molecule has 0 aliphatic carbocycles. The van der Waals surface area contributed by atoms with Crippen LogP contribution in [0.2, 0.25) is 0 Å². The predicted molar refractivity (Wildman–Crippen MR) is 340 cm³/mol. The lowest BCUT2D eigenvalue weighted by atomic mass is 10.00. The number of unbranched alkanes of at least 4 members (excludes halogenated alkanes) is 26. The molecule has 0 aromatic rings. The maximum atomic E-state index is 13.0. The molecule has 0 saturated heterocycles. The van der Waals surface area contributed by atoms with E-state index in [2.05, 4.69) is 72.8 Å². The molecule has 3 N–H and O–H groups in total. The molecule has 0 bridgehead atoms. The number of phosphoric ester groups is 2. The topological polar surface area (TPSA) is 237 Å². The molecule has 0 amide bonds. The van der Waals surface area contributed by atoms with E-state index in [1.165, 1.54) is 89.9 Å². The first-order valence-corrected chi connectivity index (χ1v) is 36.7. The van der Waals surface area contributed by atoms with Gasteiger partial charge in [-0.1, -0.05) is 246 Å². The van der Waals surface area contributed by atoms with E-state index in [0.29, 0.717) is 31.6 Å². The Bertz CT molecular complexity index is 1780. The largest absolute Gasteiger partial charge is 0.472 e. The fourth-order valence-electron chi connectivity index (χ4n) is 9.26. The van der Waals surface area contributed by atoms with E-state index in [1.54, 1.807) is 0 Å². The highest BCUT2D eigenvalue weighted by Gasteiger charge is 2.30. The van der Waals surface area contributed by atoms with Crippen molar-refractivity contribution in [3.8, 4) is 0 Å². The lowest BCUT2D eigenvalue weighted by Crippen LogP contribution is -2.30. The summed E-state index contributed by atoms with van der Waals surface area (Å²) in [5.74, 6) is -0.0498. The van der Waals surface area contributed by atoms with Gasteiger partial charge in [0.25, 0.3) is 0 Å². The first-order chi connectivity index (χ1) is 40.8. The van der Waals surface area contributed by atoms with Crippen molar-refractivity contribution in [3.63, 3.8) is 0 Å². The van der Waals surface area contributed by atoms with E-state index < -0.39 is 97.5 Å². The van der Waals surface area contributed by atoms with Gasteiger partial charge in [0.2, 0.25) is 0 Å². The molecule has 0 saturated carbocycles. The number of carbonyl (C=O) groups is 4. The highest BCUT2D eigenvalue weighted by atomic mass is 31.2.